The lowest BCUT2D eigenvalue weighted by Gasteiger charge is -1.98. The summed E-state index contributed by atoms with van der Waals surface area (Å²) in [6.45, 7) is 4.54. The molecule has 1 nitrogen and oxygen atoms in total. The van der Waals surface area contributed by atoms with Gasteiger partial charge in [0.05, 0.1) is 6.61 Å². The maximum atomic E-state index is 5.36. The lowest BCUT2D eigenvalue weighted by molar-refractivity contribution is 0.357. The highest BCUT2D eigenvalue weighted by molar-refractivity contribution is 5.52. The van der Waals surface area contributed by atoms with Crippen LogP contribution in [0.15, 0.2) is 24.8 Å². The van der Waals surface area contributed by atoms with Crippen molar-refractivity contribution in [2.24, 2.45) is 0 Å². The van der Waals surface area contributed by atoms with Crippen LogP contribution in [-0.4, -0.2) is 6.61 Å². The summed E-state index contributed by atoms with van der Waals surface area (Å²) in [6, 6.07) is 6.17. The molecule has 1 aromatic rings. The van der Waals surface area contributed by atoms with Crippen molar-refractivity contribution < 1.29 is 4.74 Å². The van der Waals surface area contributed by atoms with Gasteiger partial charge in [-0.3, -0.25) is 0 Å². The number of benzene rings is 1. The summed E-state index contributed by atoms with van der Waals surface area (Å²) >= 11 is 0. The van der Waals surface area contributed by atoms with Crippen molar-refractivity contribution >= 4 is 6.08 Å². The Morgan fingerprint density at radius 1 is 1.45 bits per heavy atom. The molecule has 0 atom stereocenters. The quantitative estimate of drug-likeness (QED) is 0.590. The molecule has 2 rings (SSSR count). The van der Waals surface area contributed by atoms with Gasteiger partial charge in [-0.25, -0.2) is 0 Å². The summed E-state index contributed by atoms with van der Waals surface area (Å²) in [5, 5.41) is 0. The summed E-state index contributed by atoms with van der Waals surface area (Å²) < 4.78 is 5.36. The molecule has 1 aromatic carbocycles. The molecule has 1 heteroatoms. The van der Waals surface area contributed by atoms with E-state index in [1.165, 1.54) is 11.1 Å². The smallest absolute Gasteiger partial charge is 0.122 e. The number of ether oxygens (including phenoxy) is 1. The van der Waals surface area contributed by atoms with Gasteiger partial charge in [0.2, 0.25) is 0 Å². The van der Waals surface area contributed by atoms with Gasteiger partial charge in [-0.1, -0.05) is 18.7 Å². The van der Waals surface area contributed by atoms with Gasteiger partial charge in [-0.2, -0.15) is 0 Å². The molecule has 56 valence electrons. The van der Waals surface area contributed by atoms with Gasteiger partial charge in [-0.05, 0) is 23.3 Å². The van der Waals surface area contributed by atoms with Crippen LogP contribution < -0.4 is 4.74 Å². The van der Waals surface area contributed by atoms with E-state index in [0.29, 0.717) is 0 Å². The van der Waals surface area contributed by atoms with Crippen LogP contribution in [0.2, 0.25) is 0 Å². The Kier molecular flexibility index (Phi) is 1.42. The van der Waals surface area contributed by atoms with Gasteiger partial charge in [0, 0.05) is 6.42 Å². The van der Waals surface area contributed by atoms with E-state index in [1.807, 2.05) is 18.2 Å². The van der Waals surface area contributed by atoms with Crippen molar-refractivity contribution in [2.45, 2.75) is 6.42 Å². The Balaban J connectivity index is 2.48. The number of rotatable bonds is 1. The first-order chi connectivity index (χ1) is 5.40. The third-order valence-corrected chi connectivity index (χ3v) is 1.95. The summed E-state index contributed by atoms with van der Waals surface area (Å²) in [6.07, 6.45) is 2.90. The summed E-state index contributed by atoms with van der Waals surface area (Å²) in [5.41, 5.74) is 2.48. The molecule has 0 unspecified atom stereocenters. The highest BCUT2D eigenvalue weighted by Gasteiger charge is 2.10. The van der Waals surface area contributed by atoms with Gasteiger partial charge in [0.25, 0.3) is 0 Å². The average Bonchev–Trinajstić information content (AvgIpc) is 2.50. The Labute approximate surface area is 66.3 Å². The predicted molar refractivity (Wildman–Crippen MR) is 45.7 cm³/mol. The zero-order valence-electron chi connectivity index (χ0n) is 6.34. The van der Waals surface area contributed by atoms with E-state index in [1.54, 1.807) is 0 Å². The molecule has 1 heterocycles. The van der Waals surface area contributed by atoms with E-state index < -0.39 is 0 Å². The molecule has 0 saturated heterocycles. The number of hydrogen-bond acceptors (Lipinski definition) is 1. The predicted octanol–water partition coefficient (Wildman–Crippen LogP) is 2.26. The Hall–Kier alpha value is -1.24. The van der Waals surface area contributed by atoms with Crippen LogP contribution in [0.1, 0.15) is 11.1 Å². The second kappa shape index (κ2) is 2.42. The van der Waals surface area contributed by atoms with E-state index in [4.69, 9.17) is 4.74 Å². The van der Waals surface area contributed by atoms with Crippen LogP contribution in [-0.2, 0) is 6.42 Å². The number of hydrogen-bond donors (Lipinski definition) is 0. The maximum Gasteiger partial charge on any atom is 0.122 e. The Morgan fingerprint density at radius 3 is 3.18 bits per heavy atom. The second-order valence-electron chi connectivity index (χ2n) is 2.67. The van der Waals surface area contributed by atoms with Gasteiger partial charge in [-0.15, -0.1) is 0 Å². The van der Waals surface area contributed by atoms with Gasteiger partial charge < -0.3 is 4.74 Å². The zero-order valence-corrected chi connectivity index (χ0v) is 6.34. The molecule has 0 bridgehead atoms. The van der Waals surface area contributed by atoms with Crippen LogP contribution in [0, 0.1) is 0 Å². The summed E-state index contributed by atoms with van der Waals surface area (Å²) in [7, 11) is 0. The molecule has 0 radical (unpaired) electrons. The molecule has 11 heavy (non-hydrogen) atoms. The minimum absolute atomic E-state index is 0.829. The fourth-order valence-corrected chi connectivity index (χ4v) is 1.33. The average molecular weight is 146 g/mol. The fourth-order valence-electron chi connectivity index (χ4n) is 1.33. The molecule has 0 spiro atoms. The molecular formula is C10H10O. The van der Waals surface area contributed by atoms with Crippen LogP contribution in [0.5, 0.6) is 5.75 Å². The van der Waals surface area contributed by atoms with Gasteiger partial charge in [0.1, 0.15) is 5.75 Å². The summed E-state index contributed by atoms with van der Waals surface area (Å²) in [4.78, 5) is 0. The molecular weight excluding hydrogens is 136 g/mol. The molecule has 0 N–H and O–H groups in total. The highest BCUT2D eigenvalue weighted by atomic mass is 16.5. The summed E-state index contributed by atoms with van der Waals surface area (Å²) in [5.74, 6) is 1.04. The van der Waals surface area contributed by atoms with Crippen LogP contribution in [0.25, 0.3) is 6.08 Å². The largest absolute Gasteiger partial charge is 0.493 e. The van der Waals surface area contributed by atoms with Crippen molar-refractivity contribution in [3.05, 3.63) is 35.9 Å². The van der Waals surface area contributed by atoms with Crippen molar-refractivity contribution in [1.29, 1.82) is 0 Å². The number of fused-ring (bicyclic) bond motifs is 1. The van der Waals surface area contributed by atoms with Crippen LogP contribution in [0.4, 0.5) is 0 Å². The third-order valence-electron chi connectivity index (χ3n) is 1.95. The molecule has 1 aliphatic heterocycles. The standard InChI is InChI=1S/C10H10O/c1-2-8-3-4-10-9(7-8)5-6-11-10/h2-4,7H,1,5-6H2. The van der Waals surface area contributed by atoms with E-state index in [-0.39, 0.29) is 0 Å². The molecule has 0 fully saturated rings. The molecule has 0 aliphatic carbocycles. The normalized spacial score (nSPS) is 13.8. The van der Waals surface area contributed by atoms with Crippen LogP contribution >= 0.6 is 0 Å². The minimum atomic E-state index is 0.829. The van der Waals surface area contributed by atoms with Crippen molar-refractivity contribution in [2.75, 3.05) is 6.61 Å². The lowest BCUT2D eigenvalue weighted by Crippen LogP contribution is -1.85. The second-order valence-corrected chi connectivity index (χ2v) is 2.67. The van der Waals surface area contributed by atoms with Crippen molar-refractivity contribution in [3.63, 3.8) is 0 Å². The van der Waals surface area contributed by atoms with Gasteiger partial charge >= 0.3 is 0 Å². The van der Waals surface area contributed by atoms with Crippen molar-refractivity contribution in [3.8, 4) is 5.75 Å². The molecule has 0 saturated carbocycles. The van der Waals surface area contributed by atoms with Crippen LogP contribution in [0.3, 0.4) is 0 Å². The molecule has 0 amide bonds. The zero-order chi connectivity index (χ0) is 7.68. The highest BCUT2D eigenvalue weighted by Crippen LogP contribution is 2.25. The molecule has 0 aromatic heterocycles. The van der Waals surface area contributed by atoms with E-state index in [2.05, 4.69) is 12.6 Å². The third kappa shape index (κ3) is 1.03. The first-order valence-electron chi connectivity index (χ1n) is 3.78. The van der Waals surface area contributed by atoms with Gasteiger partial charge in [0.15, 0.2) is 0 Å². The lowest BCUT2D eigenvalue weighted by atomic mass is 10.1. The Bertz CT molecular complexity index is 289. The van der Waals surface area contributed by atoms with E-state index in [0.717, 1.165) is 18.8 Å². The fraction of sp³-hybridized carbons (Fsp3) is 0.200. The Morgan fingerprint density at radius 2 is 2.36 bits per heavy atom. The van der Waals surface area contributed by atoms with E-state index in [9.17, 15) is 0 Å². The minimum Gasteiger partial charge on any atom is -0.493 e. The molecule has 1 aliphatic rings. The topological polar surface area (TPSA) is 9.23 Å². The van der Waals surface area contributed by atoms with E-state index >= 15 is 0 Å². The van der Waals surface area contributed by atoms with Crippen molar-refractivity contribution in [1.82, 2.24) is 0 Å². The first-order valence-corrected chi connectivity index (χ1v) is 3.78. The first kappa shape index (κ1) is 6.47. The monoisotopic (exact) mass is 146 g/mol. The SMILES string of the molecule is C=Cc1ccc2c(c1)CCO2. The maximum absolute atomic E-state index is 5.36.